The van der Waals surface area contributed by atoms with E-state index < -0.39 is 11.6 Å². The van der Waals surface area contributed by atoms with Crippen LogP contribution in [0, 0.1) is 11.6 Å². The first-order valence-electron chi connectivity index (χ1n) is 8.46. The Morgan fingerprint density at radius 3 is 2.70 bits per heavy atom. The number of hydrogen-bond acceptors (Lipinski definition) is 2. The van der Waals surface area contributed by atoms with Gasteiger partial charge in [0.2, 0.25) is 0 Å². The Labute approximate surface area is 135 Å². The van der Waals surface area contributed by atoms with E-state index in [9.17, 15) is 8.78 Å². The fraction of sp³-hybridized carbons (Fsp3) is 0.500. The lowest BCUT2D eigenvalue weighted by Gasteiger charge is -2.11. The Hall–Kier alpha value is -1.91. The molecule has 0 fully saturated rings. The number of halogens is 2. The number of benzene rings is 1. The zero-order valence-electron chi connectivity index (χ0n) is 13.7. The van der Waals surface area contributed by atoms with E-state index in [0.29, 0.717) is 11.6 Å². The van der Waals surface area contributed by atoms with Gasteiger partial charge in [-0.2, -0.15) is 5.10 Å². The summed E-state index contributed by atoms with van der Waals surface area (Å²) in [6, 6.07) is 3.65. The van der Waals surface area contributed by atoms with E-state index in [2.05, 4.69) is 19.2 Å². The van der Waals surface area contributed by atoms with Crippen molar-refractivity contribution in [2.24, 2.45) is 0 Å². The van der Waals surface area contributed by atoms with Crippen molar-refractivity contribution in [3.63, 3.8) is 0 Å². The number of aromatic nitrogens is 2. The van der Waals surface area contributed by atoms with Crippen molar-refractivity contribution in [1.29, 1.82) is 0 Å². The number of nitrogens with one attached hydrogen (secondary N) is 1. The van der Waals surface area contributed by atoms with Gasteiger partial charge in [0.25, 0.3) is 0 Å². The first-order chi connectivity index (χ1) is 11.2. The zero-order valence-corrected chi connectivity index (χ0v) is 13.7. The van der Waals surface area contributed by atoms with Crippen LogP contribution in [0.1, 0.15) is 56.7 Å². The number of fused-ring (bicyclic) bond motifs is 1. The maximum atomic E-state index is 14.3. The molecular weight excluding hydrogens is 296 g/mol. The van der Waals surface area contributed by atoms with E-state index in [1.54, 1.807) is 4.68 Å². The smallest absolute Gasteiger partial charge is 0.151 e. The minimum absolute atomic E-state index is 0.300. The lowest BCUT2D eigenvalue weighted by atomic mass is 9.94. The van der Waals surface area contributed by atoms with E-state index in [1.807, 2.05) is 0 Å². The third-order valence-corrected chi connectivity index (χ3v) is 4.67. The number of rotatable bonds is 4. The fourth-order valence-electron chi connectivity index (χ4n) is 3.36. The van der Waals surface area contributed by atoms with Crippen LogP contribution in [0.2, 0.25) is 0 Å². The molecule has 0 aliphatic carbocycles. The maximum absolute atomic E-state index is 14.3. The van der Waals surface area contributed by atoms with Crippen LogP contribution in [0.4, 0.5) is 14.6 Å². The molecule has 1 aromatic carbocycles. The summed E-state index contributed by atoms with van der Waals surface area (Å²) in [5.74, 6) is 0.0819. The summed E-state index contributed by atoms with van der Waals surface area (Å²) < 4.78 is 29.1. The highest BCUT2D eigenvalue weighted by molar-refractivity contribution is 5.55. The van der Waals surface area contributed by atoms with Crippen LogP contribution in [0.3, 0.4) is 0 Å². The van der Waals surface area contributed by atoms with Crippen molar-refractivity contribution in [2.75, 3.05) is 11.9 Å². The van der Waals surface area contributed by atoms with Gasteiger partial charge in [-0.15, -0.1) is 0 Å². The van der Waals surface area contributed by atoms with Crippen molar-refractivity contribution < 1.29 is 8.78 Å². The number of nitrogens with zero attached hydrogens (tertiary/aromatic N) is 2. The van der Waals surface area contributed by atoms with E-state index >= 15 is 0 Å². The van der Waals surface area contributed by atoms with Crippen LogP contribution in [0.25, 0.3) is 5.69 Å². The molecule has 2 heterocycles. The van der Waals surface area contributed by atoms with Crippen molar-refractivity contribution in [3.05, 3.63) is 41.1 Å². The van der Waals surface area contributed by atoms with Crippen LogP contribution in [0.5, 0.6) is 0 Å². The Balaban J connectivity index is 2.16. The summed E-state index contributed by atoms with van der Waals surface area (Å²) >= 11 is 0. The average molecular weight is 319 g/mol. The summed E-state index contributed by atoms with van der Waals surface area (Å²) in [7, 11) is 0. The van der Waals surface area contributed by atoms with Crippen LogP contribution >= 0.6 is 0 Å². The Morgan fingerprint density at radius 1 is 1.22 bits per heavy atom. The monoisotopic (exact) mass is 319 g/mol. The molecule has 1 aliphatic rings. The molecule has 1 N–H and O–H groups in total. The quantitative estimate of drug-likeness (QED) is 0.877. The van der Waals surface area contributed by atoms with Gasteiger partial charge in [0.1, 0.15) is 17.3 Å². The second-order valence-corrected chi connectivity index (χ2v) is 6.12. The molecule has 0 saturated carbocycles. The fourth-order valence-corrected chi connectivity index (χ4v) is 3.36. The minimum Gasteiger partial charge on any atom is -0.370 e. The van der Waals surface area contributed by atoms with Crippen LogP contribution in [-0.4, -0.2) is 16.3 Å². The second kappa shape index (κ2) is 6.69. The lowest BCUT2D eigenvalue weighted by molar-refractivity contribution is 0.569. The largest absolute Gasteiger partial charge is 0.370 e. The van der Waals surface area contributed by atoms with Crippen LogP contribution in [-0.2, 0) is 6.42 Å². The van der Waals surface area contributed by atoms with Crippen molar-refractivity contribution in [2.45, 2.75) is 51.9 Å². The average Bonchev–Trinajstić information content (AvgIpc) is 2.72. The van der Waals surface area contributed by atoms with E-state index in [1.165, 1.54) is 17.7 Å². The molecule has 0 unspecified atom stereocenters. The van der Waals surface area contributed by atoms with Gasteiger partial charge < -0.3 is 5.32 Å². The molecule has 5 heteroatoms. The molecular formula is C18H23F2N3. The molecule has 2 aromatic rings. The zero-order chi connectivity index (χ0) is 16.4. The summed E-state index contributed by atoms with van der Waals surface area (Å²) in [6.07, 6.45) is 5.16. The normalized spacial score (nSPS) is 14.5. The molecule has 0 amide bonds. The number of anilines is 1. The first kappa shape index (κ1) is 16.0. The highest BCUT2D eigenvalue weighted by Crippen LogP contribution is 2.35. The summed E-state index contributed by atoms with van der Waals surface area (Å²) in [5.41, 5.74) is 2.55. The molecule has 124 valence electrons. The molecule has 0 atom stereocenters. The highest BCUT2D eigenvalue weighted by Gasteiger charge is 2.25. The first-order valence-corrected chi connectivity index (χ1v) is 8.46. The van der Waals surface area contributed by atoms with Gasteiger partial charge in [0.05, 0.1) is 5.69 Å². The minimum atomic E-state index is -0.586. The Morgan fingerprint density at radius 2 is 2.00 bits per heavy atom. The van der Waals surface area contributed by atoms with Gasteiger partial charge in [-0.1, -0.05) is 13.8 Å². The van der Waals surface area contributed by atoms with Crippen LogP contribution < -0.4 is 5.32 Å². The molecule has 3 nitrogen and oxygen atoms in total. The van der Waals surface area contributed by atoms with Gasteiger partial charge in [-0.05, 0) is 44.2 Å². The molecule has 23 heavy (non-hydrogen) atoms. The standard InChI is InChI=1S/C18H23F2N3/c1-3-12(4-2)17-14-7-5-6-10-21-18(14)23(22-17)16-9-8-13(19)11-15(16)20/h8-9,11-12,21H,3-7,10H2,1-2H3. The van der Waals surface area contributed by atoms with E-state index in [4.69, 9.17) is 5.10 Å². The lowest BCUT2D eigenvalue weighted by Crippen LogP contribution is -2.09. The molecule has 0 saturated heterocycles. The SMILES string of the molecule is CCC(CC)c1nn(-c2ccc(F)cc2F)c2c1CCCCN2. The summed E-state index contributed by atoms with van der Waals surface area (Å²) in [6.45, 7) is 5.16. The topological polar surface area (TPSA) is 29.9 Å². The van der Waals surface area contributed by atoms with Gasteiger partial charge in [0, 0.05) is 24.1 Å². The van der Waals surface area contributed by atoms with Gasteiger partial charge in [-0.3, -0.25) is 0 Å². The predicted molar refractivity (Wildman–Crippen MR) is 88.2 cm³/mol. The maximum Gasteiger partial charge on any atom is 0.151 e. The van der Waals surface area contributed by atoms with Crippen molar-refractivity contribution >= 4 is 5.82 Å². The molecule has 0 spiro atoms. The molecule has 0 radical (unpaired) electrons. The van der Waals surface area contributed by atoms with Crippen LogP contribution in [0.15, 0.2) is 18.2 Å². The Bertz CT molecular complexity index is 690. The van der Waals surface area contributed by atoms with Gasteiger partial charge in [-0.25, -0.2) is 13.5 Å². The van der Waals surface area contributed by atoms with Gasteiger partial charge >= 0.3 is 0 Å². The third kappa shape index (κ3) is 2.96. The highest BCUT2D eigenvalue weighted by atomic mass is 19.1. The van der Waals surface area contributed by atoms with Crippen molar-refractivity contribution in [1.82, 2.24) is 9.78 Å². The molecule has 3 rings (SSSR count). The Kier molecular flexibility index (Phi) is 4.64. The molecule has 1 aromatic heterocycles. The number of hydrogen-bond donors (Lipinski definition) is 1. The summed E-state index contributed by atoms with van der Waals surface area (Å²) in [4.78, 5) is 0. The van der Waals surface area contributed by atoms with Gasteiger partial charge in [0.15, 0.2) is 5.82 Å². The van der Waals surface area contributed by atoms with E-state index in [-0.39, 0.29) is 0 Å². The van der Waals surface area contributed by atoms with Crippen molar-refractivity contribution in [3.8, 4) is 5.69 Å². The third-order valence-electron chi connectivity index (χ3n) is 4.67. The predicted octanol–water partition coefficient (Wildman–Crippen LogP) is 4.80. The summed E-state index contributed by atoms with van der Waals surface area (Å²) in [5, 5.41) is 8.13. The molecule has 1 aliphatic heterocycles. The van der Waals surface area contributed by atoms with E-state index in [0.717, 1.165) is 56.2 Å². The second-order valence-electron chi connectivity index (χ2n) is 6.12. The molecule has 0 bridgehead atoms.